The third-order valence-corrected chi connectivity index (χ3v) is 2.86. The second-order valence-electron chi connectivity index (χ2n) is 4.39. The molecule has 0 aliphatic heterocycles. The first-order valence-corrected chi connectivity index (χ1v) is 6.35. The molecule has 17 heavy (non-hydrogen) atoms. The molecule has 3 heteroatoms. The number of rotatable bonds is 7. The fraction of sp³-hybridized carbons (Fsp3) is 0.643. The van der Waals surface area contributed by atoms with Crippen LogP contribution in [-0.4, -0.2) is 23.8 Å². The van der Waals surface area contributed by atoms with Crippen molar-refractivity contribution in [3.8, 4) is 0 Å². The van der Waals surface area contributed by atoms with Gasteiger partial charge in [-0.05, 0) is 19.3 Å². The second-order valence-corrected chi connectivity index (χ2v) is 4.39. The third kappa shape index (κ3) is 5.68. The largest absolute Gasteiger partial charge is 0.461 e. The number of aliphatic hydroxyl groups is 1. The minimum Gasteiger partial charge on any atom is -0.461 e. The molecule has 2 unspecified atom stereocenters. The molecule has 0 amide bonds. The molecule has 0 spiro atoms. The lowest BCUT2D eigenvalue weighted by atomic mass is 10.0. The molecule has 0 radical (unpaired) electrons. The Bertz CT molecular complexity index is 281. The van der Waals surface area contributed by atoms with E-state index in [1.165, 1.54) is 6.92 Å². The van der Waals surface area contributed by atoms with Crippen molar-refractivity contribution in [2.24, 2.45) is 5.92 Å². The van der Waals surface area contributed by atoms with Gasteiger partial charge in [0.2, 0.25) is 0 Å². The van der Waals surface area contributed by atoms with E-state index in [9.17, 15) is 4.79 Å². The SMILES string of the molecule is CC(=O)OC1CC=CC1C=CCCCCCO. The first-order chi connectivity index (χ1) is 8.24. The van der Waals surface area contributed by atoms with Gasteiger partial charge < -0.3 is 9.84 Å². The first-order valence-electron chi connectivity index (χ1n) is 6.35. The van der Waals surface area contributed by atoms with Crippen LogP contribution in [0.3, 0.4) is 0 Å². The minimum atomic E-state index is -0.208. The van der Waals surface area contributed by atoms with Gasteiger partial charge in [-0.2, -0.15) is 0 Å². The molecule has 0 bridgehead atoms. The Morgan fingerprint density at radius 1 is 1.47 bits per heavy atom. The average molecular weight is 238 g/mol. The molecule has 2 atom stereocenters. The number of hydrogen-bond acceptors (Lipinski definition) is 3. The average Bonchev–Trinajstić information content (AvgIpc) is 2.70. The van der Waals surface area contributed by atoms with Crippen molar-refractivity contribution in [3.63, 3.8) is 0 Å². The van der Waals surface area contributed by atoms with Crippen LogP contribution in [0.1, 0.15) is 39.0 Å². The van der Waals surface area contributed by atoms with Gasteiger partial charge in [0.1, 0.15) is 6.10 Å². The zero-order valence-electron chi connectivity index (χ0n) is 10.5. The standard InChI is InChI=1S/C14H22O3/c1-12(16)17-14-10-7-9-13(14)8-5-3-2-4-6-11-15/h5,7-9,13-15H,2-4,6,10-11H2,1H3. The van der Waals surface area contributed by atoms with Crippen LogP contribution in [-0.2, 0) is 9.53 Å². The smallest absolute Gasteiger partial charge is 0.302 e. The normalized spacial score (nSPS) is 23.4. The van der Waals surface area contributed by atoms with Crippen LogP contribution < -0.4 is 0 Å². The topological polar surface area (TPSA) is 46.5 Å². The van der Waals surface area contributed by atoms with Gasteiger partial charge in [-0.15, -0.1) is 0 Å². The predicted octanol–water partition coefficient (Wildman–Crippen LogP) is 2.60. The Morgan fingerprint density at radius 3 is 3.00 bits per heavy atom. The molecule has 0 aromatic carbocycles. The van der Waals surface area contributed by atoms with E-state index in [1.807, 2.05) is 0 Å². The highest BCUT2D eigenvalue weighted by Gasteiger charge is 2.22. The number of unbranched alkanes of at least 4 members (excludes halogenated alkanes) is 3. The number of aliphatic hydroxyl groups excluding tert-OH is 1. The molecular weight excluding hydrogens is 216 g/mol. The first kappa shape index (κ1) is 14.0. The van der Waals surface area contributed by atoms with Crippen molar-refractivity contribution in [1.82, 2.24) is 0 Å². The van der Waals surface area contributed by atoms with Crippen LogP contribution in [0.25, 0.3) is 0 Å². The molecule has 0 saturated carbocycles. The van der Waals surface area contributed by atoms with E-state index in [1.54, 1.807) is 0 Å². The maximum Gasteiger partial charge on any atom is 0.302 e. The van der Waals surface area contributed by atoms with Crippen LogP contribution in [0.5, 0.6) is 0 Å². The maximum absolute atomic E-state index is 10.9. The lowest BCUT2D eigenvalue weighted by Crippen LogP contribution is -2.19. The van der Waals surface area contributed by atoms with Crippen LogP contribution in [0.2, 0.25) is 0 Å². The van der Waals surface area contributed by atoms with Crippen molar-refractivity contribution < 1.29 is 14.6 Å². The van der Waals surface area contributed by atoms with E-state index < -0.39 is 0 Å². The summed E-state index contributed by atoms with van der Waals surface area (Å²) in [6.45, 7) is 1.73. The third-order valence-electron chi connectivity index (χ3n) is 2.86. The monoisotopic (exact) mass is 238 g/mol. The van der Waals surface area contributed by atoms with Gasteiger partial charge in [0.25, 0.3) is 0 Å². The molecule has 0 fully saturated rings. The van der Waals surface area contributed by atoms with Gasteiger partial charge in [-0.3, -0.25) is 4.79 Å². The maximum atomic E-state index is 10.9. The minimum absolute atomic E-state index is 0.0128. The summed E-state index contributed by atoms with van der Waals surface area (Å²) < 4.78 is 5.23. The molecule has 0 aromatic heterocycles. The summed E-state index contributed by atoms with van der Waals surface area (Å²) in [4.78, 5) is 10.9. The van der Waals surface area contributed by atoms with Crippen molar-refractivity contribution in [3.05, 3.63) is 24.3 Å². The van der Waals surface area contributed by atoms with Crippen LogP contribution in [0, 0.1) is 5.92 Å². The van der Waals surface area contributed by atoms with E-state index in [-0.39, 0.29) is 24.6 Å². The van der Waals surface area contributed by atoms with Gasteiger partial charge in [-0.1, -0.05) is 30.7 Å². The summed E-state index contributed by atoms with van der Waals surface area (Å²) >= 11 is 0. The van der Waals surface area contributed by atoms with Gasteiger partial charge in [0, 0.05) is 25.9 Å². The fourth-order valence-electron chi connectivity index (χ4n) is 1.98. The summed E-state index contributed by atoms with van der Waals surface area (Å²) in [5.41, 5.74) is 0. The molecule has 0 aromatic rings. The molecule has 1 rings (SSSR count). The number of esters is 1. The van der Waals surface area contributed by atoms with Crippen molar-refractivity contribution in [2.75, 3.05) is 6.61 Å². The van der Waals surface area contributed by atoms with E-state index in [2.05, 4.69) is 24.3 Å². The molecule has 0 heterocycles. The molecule has 1 aliphatic rings. The summed E-state index contributed by atoms with van der Waals surface area (Å²) in [5.74, 6) is 0.0248. The zero-order chi connectivity index (χ0) is 12.5. The van der Waals surface area contributed by atoms with Crippen molar-refractivity contribution >= 4 is 5.97 Å². The Kier molecular flexibility index (Phi) is 6.63. The lowest BCUT2D eigenvalue weighted by Gasteiger charge is -2.15. The Balaban J connectivity index is 2.22. The molecule has 0 saturated heterocycles. The molecule has 1 aliphatic carbocycles. The predicted molar refractivity (Wildman–Crippen MR) is 67.5 cm³/mol. The quantitative estimate of drug-likeness (QED) is 0.421. The number of carbonyl (C=O) groups excluding carboxylic acids is 1. The second kappa shape index (κ2) is 8.07. The summed E-state index contributed by atoms with van der Waals surface area (Å²) in [6.07, 6.45) is 13.3. The Labute approximate surface area is 103 Å². The number of hydrogen-bond donors (Lipinski definition) is 1. The van der Waals surface area contributed by atoms with E-state index >= 15 is 0 Å². The summed E-state index contributed by atoms with van der Waals surface area (Å²) in [5, 5.41) is 8.64. The number of carbonyl (C=O) groups is 1. The summed E-state index contributed by atoms with van der Waals surface area (Å²) in [7, 11) is 0. The molecule has 96 valence electrons. The number of allylic oxidation sites excluding steroid dienone is 1. The number of ether oxygens (including phenoxy) is 1. The zero-order valence-corrected chi connectivity index (χ0v) is 10.5. The van der Waals surface area contributed by atoms with Gasteiger partial charge in [-0.25, -0.2) is 0 Å². The van der Waals surface area contributed by atoms with E-state index in [0.29, 0.717) is 0 Å². The Hall–Kier alpha value is -1.09. The van der Waals surface area contributed by atoms with Gasteiger partial charge >= 0.3 is 5.97 Å². The fourth-order valence-corrected chi connectivity index (χ4v) is 1.98. The van der Waals surface area contributed by atoms with Crippen LogP contribution >= 0.6 is 0 Å². The lowest BCUT2D eigenvalue weighted by molar-refractivity contribution is -0.146. The van der Waals surface area contributed by atoms with Crippen LogP contribution in [0.4, 0.5) is 0 Å². The highest BCUT2D eigenvalue weighted by molar-refractivity contribution is 5.66. The highest BCUT2D eigenvalue weighted by Crippen LogP contribution is 2.23. The molecular formula is C14H22O3. The van der Waals surface area contributed by atoms with Gasteiger partial charge in [0.05, 0.1) is 0 Å². The Morgan fingerprint density at radius 2 is 2.29 bits per heavy atom. The highest BCUT2D eigenvalue weighted by atomic mass is 16.5. The molecule has 3 nitrogen and oxygen atoms in total. The molecule has 1 N–H and O–H groups in total. The van der Waals surface area contributed by atoms with Crippen molar-refractivity contribution in [2.45, 2.75) is 45.1 Å². The van der Waals surface area contributed by atoms with Crippen molar-refractivity contribution in [1.29, 1.82) is 0 Å². The van der Waals surface area contributed by atoms with E-state index in [4.69, 9.17) is 9.84 Å². The summed E-state index contributed by atoms with van der Waals surface area (Å²) in [6, 6.07) is 0. The van der Waals surface area contributed by atoms with Gasteiger partial charge in [0.15, 0.2) is 0 Å². The van der Waals surface area contributed by atoms with Crippen LogP contribution in [0.15, 0.2) is 24.3 Å². The van der Waals surface area contributed by atoms with E-state index in [0.717, 1.165) is 32.1 Å².